The van der Waals surface area contributed by atoms with E-state index >= 15 is 0 Å². The van der Waals surface area contributed by atoms with Gasteiger partial charge in [-0.1, -0.05) is 0 Å². The van der Waals surface area contributed by atoms with Crippen molar-refractivity contribution >= 4 is 36.0 Å². The molecule has 0 aliphatic heterocycles. The van der Waals surface area contributed by atoms with Crippen LogP contribution in [0, 0.1) is 0 Å². The predicted molar refractivity (Wildman–Crippen MR) is 129 cm³/mol. The first kappa shape index (κ1) is 27.9. The number of nitrogens with one attached hydrogen (secondary N) is 3. The third-order valence-electron chi connectivity index (χ3n) is 3.79. The topological polar surface area (TPSA) is 102 Å². The minimum Gasteiger partial charge on any atom is -0.496 e. The van der Waals surface area contributed by atoms with E-state index in [1.54, 1.807) is 28.4 Å². The molecule has 0 saturated heterocycles. The molecule has 0 aliphatic carbocycles. The molecule has 1 aromatic carbocycles. The van der Waals surface area contributed by atoms with Crippen LogP contribution in [0.5, 0.6) is 17.2 Å². The summed E-state index contributed by atoms with van der Waals surface area (Å²) in [6, 6.07) is 3.65. The first-order chi connectivity index (χ1) is 13.7. The van der Waals surface area contributed by atoms with E-state index in [4.69, 9.17) is 18.9 Å². The van der Waals surface area contributed by atoms with Crippen LogP contribution < -0.4 is 30.2 Å². The van der Waals surface area contributed by atoms with Gasteiger partial charge >= 0.3 is 6.09 Å². The SMILES string of the molecule is CN=C(NCCNC(=O)OC(C)(C)C)NCCc1c(OC)cc(OC)cc1OC.I. The van der Waals surface area contributed by atoms with Crippen molar-refractivity contribution in [2.45, 2.75) is 32.8 Å². The van der Waals surface area contributed by atoms with Crippen LogP contribution in [-0.2, 0) is 11.2 Å². The average molecular weight is 538 g/mol. The van der Waals surface area contributed by atoms with Crippen LogP contribution in [0.4, 0.5) is 4.79 Å². The molecule has 1 aromatic rings. The summed E-state index contributed by atoms with van der Waals surface area (Å²) < 4.78 is 21.4. The molecule has 0 radical (unpaired) electrons. The average Bonchev–Trinajstić information content (AvgIpc) is 2.67. The number of nitrogens with zero attached hydrogens (tertiary/aromatic N) is 1. The number of carbonyl (C=O) groups excluding carboxylic acids is 1. The van der Waals surface area contributed by atoms with Crippen LogP contribution in [0.1, 0.15) is 26.3 Å². The van der Waals surface area contributed by atoms with Gasteiger partial charge in [-0.05, 0) is 27.2 Å². The summed E-state index contributed by atoms with van der Waals surface area (Å²) in [6.07, 6.45) is 0.216. The van der Waals surface area contributed by atoms with Gasteiger partial charge in [-0.3, -0.25) is 4.99 Å². The molecule has 0 saturated carbocycles. The fourth-order valence-electron chi connectivity index (χ4n) is 2.51. The fourth-order valence-corrected chi connectivity index (χ4v) is 2.51. The zero-order chi connectivity index (χ0) is 21.9. The lowest BCUT2D eigenvalue weighted by Crippen LogP contribution is -2.43. The largest absolute Gasteiger partial charge is 0.496 e. The van der Waals surface area contributed by atoms with Gasteiger partial charge in [0, 0.05) is 44.4 Å². The Hall–Kier alpha value is -2.11. The van der Waals surface area contributed by atoms with Gasteiger partial charge in [0.05, 0.1) is 21.3 Å². The summed E-state index contributed by atoms with van der Waals surface area (Å²) in [5, 5.41) is 9.05. The lowest BCUT2D eigenvalue weighted by atomic mass is 10.1. The molecular formula is C20H35IN4O5. The highest BCUT2D eigenvalue weighted by atomic mass is 127. The molecule has 1 amide bonds. The molecule has 0 heterocycles. The minimum atomic E-state index is -0.515. The maximum atomic E-state index is 11.6. The van der Waals surface area contributed by atoms with E-state index in [0.717, 1.165) is 5.56 Å². The number of benzene rings is 1. The van der Waals surface area contributed by atoms with Crippen LogP contribution in [-0.4, -0.2) is 65.7 Å². The van der Waals surface area contributed by atoms with Crippen molar-refractivity contribution in [3.8, 4) is 17.2 Å². The third kappa shape index (κ3) is 10.1. The number of methoxy groups -OCH3 is 3. The van der Waals surface area contributed by atoms with E-state index < -0.39 is 11.7 Å². The number of amides is 1. The highest BCUT2D eigenvalue weighted by Crippen LogP contribution is 2.34. The highest BCUT2D eigenvalue weighted by Gasteiger charge is 2.15. The molecule has 0 aliphatic rings. The molecule has 10 heteroatoms. The van der Waals surface area contributed by atoms with Crippen molar-refractivity contribution in [3.63, 3.8) is 0 Å². The highest BCUT2D eigenvalue weighted by molar-refractivity contribution is 14.0. The van der Waals surface area contributed by atoms with Crippen LogP contribution in [0.3, 0.4) is 0 Å². The van der Waals surface area contributed by atoms with Gasteiger partial charge < -0.3 is 34.9 Å². The van der Waals surface area contributed by atoms with Gasteiger partial charge in [0.1, 0.15) is 22.8 Å². The molecule has 9 nitrogen and oxygen atoms in total. The number of aliphatic imine (C=N–C) groups is 1. The molecule has 1 rings (SSSR count). The number of ether oxygens (including phenoxy) is 4. The molecule has 0 fully saturated rings. The van der Waals surface area contributed by atoms with Gasteiger partial charge in [0.25, 0.3) is 0 Å². The van der Waals surface area contributed by atoms with Crippen LogP contribution in [0.15, 0.2) is 17.1 Å². The normalized spacial score (nSPS) is 11.1. The standard InChI is InChI=1S/C20H34N4O5.HI/c1-20(2,3)29-19(25)24-11-10-23-18(21-4)22-9-8-15-16(27-6)12-14(26-5)13-17(15)28-7;/h12-13H,8-11H2,1-7H3,(H,24,25)(H2,21,22,23);1H. The number of hydrogen-bond acceptors (Lipinski definition) is 6. The number of rotatable bonds is 9. The van der Waals surface area contributed by atoms with E-state index in [-0.39, 0.29) is 24.0 Å². The third-order valence-corrected chi connectivity index (χ3v) is 3.79. The Morgan fingerprint density at radius 1 is 0.933 bits per heavy atom. The molecule has 0 bridgehead atoms. The van der Waals surface area contributed by atoms with Crippen LogP contribution in [0.2, 0.25) is 0 Å². The number of alkyl carbamates (subject to hydrolysis) is 1. The van der Waals surface area contributed by atoms with Gasteiger partial charge in [-0.25, -0.2) is 4.79 Å². The summed E-state index contributed by atoms with van der Waals surface area (Å²) in [6.45, 7) is 7.00. The lowest BCUT2D eigenvalue weighted by molar-refractivity contribution is 0.0529. The van der Waals surface area contributed by atoms with Crippen LogP contribution in [0.25, 0.3) is 0 Å². The Bertz CT molecular complexity index is 667. The molecule has 30 heavy (non-hydrogen) atoms. The Morgan fingerprint density at radius 2 is 1.47 bits per heavy atom. The van der Waals surface area contributed by atoms with E-state index in [2.05, 4.69) is 20.9 Å². The summed E-state index contributed by atoms with van der Waals surface area (Å²) in [7, 11) is 6.51. The maximum Gasteiger partial charge on any atom is 0.407 e. The first-order valence-corrected chi connectivity index (χ1v) is 9.44. The number of carbonyl (C=O) groups is 1. The summed E-state index contributed by atoms with van der Waals surface area (Å²) in [5.41, 5.74) is 0.420. The maximum absolute atomic E-state index is 11.6. The van der Waals surface area contributed by atoms with E-state index in [9.17, 15) is 4.79 Å². The zero-order valence-electron chi connectivity index (χ0n) is 18.9. The van der Waals surface area contributed by atoms with Crippen molar-refractivity contribution < 1.29 is 23.7 Å². The predicted octanol–water partition coefficient (Wildman–Crippen LogP) is 2.56. The number of halogens is 1. The summed E-state index contributed by atoms with van der Waals surface area (Å²) >= 11 is 0. The quantitative estimate of drug-likeness (QED) is 0.192. The molecule has 3 N–H and O–H groups in total. The smallest absolute Gasteiger partial charge is 0.407 e. The van der Waals surface area contributed by atoms with Crippen molar-refractivity contribution in [2.24, 2.45) is 4.99 Å². The number of guanidine groups is 1. The van der Waals surface area contributed by atoms with Gasteiger partial charge in [-0.15, -0.1) is 24.0 Å². The molecule has 0 unspecified atom stereocenters. The van der Waals surface area contributed by atoms with Gasteiger partial charge in [0.2, 0.25) is 0 Å². The van der Waals surface area contributed by atoms with Crippen LogP contribution >= 0.6 is 24.0 Å². The number of hydrogen-bond donors (Lipinski definition) is 3. The Kier molecular flexibility index (Phi) is 13.0. The van der Waals surface area contributed by atoms with Crippen molar-refractivity contribution in [2.75, 3.05) is 48.0 Å². The Morgan fingerprint density at radius 3 is 1.93 bits per heavy atom. The van der Waals surface area contributed by atoms with Gasteiger partial charge in [0.15, 0.2) is 5.96 Å². The molecule has 0 spiro atoms. The Balaban J connectivity index is 0.00000841. The Labute approximate surface area is 196 Å². The monoisotopic (exact) mass is 538 g/mol. The molecular weight excluding hydrogens is 503 g/mol. The molecule has 0 atom stereocenters. The zero-order valence-corrected chi connectivity index (χ0v) is 21.2. The second kappa shape index (κ2) is 14.0. The fraction of sp³-hybridized carbons (Fsp3) is 0.600. The van der Waals surface area contributed by atoms with Gasteiger partial charge in [-0.2, -0.15) is 0 Å². The van der Waals surface area contributed by atoms with Crippen molar-refractivity contribution in [1.82, 2.24) is 16.0 Å². The van der Waals surface area contributed by atoms with E-state index in [1.807, 2.05) is 32.9 Å². The minimum absolute atomic E-state index is 0. The van der Waals surface area contributed by atoms with Crippen molar-refractivity contribution in [1.29, 1.82) is 0 Å². The van der Waals surface area contributed by atoms with E-state index in [0.29, 0.717) is 49.3 Å². The molecule has 0 aromatic heterocycles. The molecule has 172 valence electrons. The summed E-state index contributed by atoms with van der Waals surface area (Å²) in [4.78, 5) is 15.8. The lowest BCUT2D eigenvalue weighted by Gasteiger charge is -2.20. The van der Waals surface area contributed by atoms with E-state index in [1.165, 1.54) is 0 Å². The second-order valence-corrected chi connectivity index (χ2v) is 7.11. The summed E-state index contributed by atoms with van der Waals surface area (Å²) in [5.74, 6) is 2.70. The second-order valence-electron chi connectivity index (χ2n) is 7.11. The van der Waals surface area contributed by atoms with Crippen molar-refractivity contribution in [3.05, 3.63) is 17.7 Å². The first-order valence-electron chi connectivity index (χ1n) is 9.44.